The molecule has 0 spiro atoms. The number of aromatic amines is 1. The molecule has 0 saturated heterocycles. The molecule has 0 saturated carbocycles. The van der Waals surface area contributed by atoms with E-state index in [1.165, 1.54) is 30.5 Å². The third-order valence-electron chi connectivity index (χ3n) is 3.72. The summed E-state index contributed by atoms with van der Waals surface area (Å²) in [4.78, 5) is 40.1. The molecule has 1 N–H and O–H groups in total. The van der Waals surface area contributed by atoms with Crippen molar-refractivity contribution in [3.05, 3.63) is 69.5 Å². The smallest absolute Gasteiger partial charge is 0.343 e. The van der Waals surface area contributed by atoms with Crippen LogP contribution in [0.3, 0.4) is 0 Å². The molecule has 0 unspecified atom stereocenters. The van der Waals surface area contributed by atoms with Crippen LogP contribution in [-0.2, 0) is 27.3 Å². The Hall–Kier alpha value is -3.49. The van der Waals surface area contributed by atoms with Crippen molar-refractivity contribution >= 4 is 17.6 Å². The Kier molecular flexibility index (Phi) is 5.30. The molecule has 0 radical (unpaired) electrons. The SMILES string of the molecule is CCOC(=O)c1c[nH]n2c(=O)cc(COC(=O)Cc3ccccc3F)nc12. The number of halogens is 1. The highest BCUT2D eigenvalue weighted by Gasteiger charge is 2.17. The molecule has 0 bridgehead atoms. The number of esters is 2. The van der Waals surface area contributed by atoms with Crippen LogP contribution in [0, 0.1) is 5.82 Å². The maximum atomic E-state index is 13.6. The lowest BCUT2D eigenvalue weighted by Gasteiger charge is -2.06. The topological polar surface area (TPSA) is 103 Å². The second-order valence-electron chi connectivity index (χ2n) is 5.58. The zero-order valence-corrected chi connectivity index (χ0v) is 14.4. The average molecular weight is 373 g/mol. The van der Waals surface area contributed by atoms with Crippen LogP contribution < -0.4 is 5.56 Å². The van der Waals surface area contributed by atoms with Gasteiger partial charge in [-0.05, 0) is 18.6 Å². The number of hydrogen-bond acceptors (Lipinski definition) is 6. The standard InChI is InChI=1S/C18H16FN3O5/c1-2-26-18(25)13-9-20-22-15(23)8-12(21-17(13)22)10-27-16(24)7-11-5-3-4-6-14(11)19/h3-6,8-9,20H,2,7,10H2,1H3. The highest BCUT2D eigenvalue weighted by atomic mass is 19.1. The minimum absolute atomic E-state index is 0.0705. The quantitative estimate of drug-likeness (QED) is 0.659. The summed E-state index contributed by atoms with van der Waals surface area (Å²) in [7, 11) is 0. The fourth-order valence-corrected chi connectivity index (χ4v) is 2.46. The van der Waals surface area contributed by atoms with Crippen LogP contribution >= 0.6 is 0 Å². The van der Waals surface area contributed by atoms with Crippen molar-refractivity contribution in [1.82, 2.24) is 14.6 Å². The second-order valence-corrected chi connectivity index (χ2v) is 5.58. The molecule has 3 rings (SSSR count). The summed E-state index contributed by atoms with van der Waals surface area (Å²) in [6, 6.07) is 7.05. The minimum atomic E-state index is -0.665. The molecule has 2 heterocycles. The lowest BCUT2D eigenvalue weighted by molar-refractivity contribution is -0.144. The number of aromatic nitrogens is 3. The monoisotopic (exact) mass is 373 g/mol. The number of fused-ring (bicyclic) bond motifs is 1. The third kappa shape index (κ3) is 4.02. The van der Waals surface area contributed by atoms with Crippen LogP contribution in [-0.4, -0.2) is 33.1 Å². The van der Waals surface area contributed by atoms with Crippen molar-refractivity contribution in [2.45, 2.75) is 20.0 Å². The van der Waals surface area contributed by atoms with Gasteiger partial charge in [-0.1, -0.05) is 18.2 Å². The summed E-state index contributed by atoms with van der Waals surface area (Å²) >= 11 is 0. The third-order valence-corrected chi connectivity index (χ3v) is 3.72. The second kappa shape index (κ2) is 7.81. The van der Waals surface area contributed by atoms with E-state index in [9.17, 15) is 18.8 Å². The van der Waals surface area contributed by atoms with Crippen molar-refractivity contribution in [2.24, 2.45) is 0 Å². The fraction of sp³-hybridized carbons (Fsp3) is 0.222. The molecular formula is C18H16FN3O5. The van der Waals surface area contributed by atoms with Gasteiger partial charge in [-0.25, -0.2) is 18.7 Å². The van der Waals surface area contributed by atoms with Crippen LogP contribution in [0.2, 0.25) is 0 Å². The van der Waals surface area contributed by atoms with E-state index in [0.29, 0.717) is 0 Å². The predicted molar refractivity (Wildman–Crippen MR) is 91.7 cm³/mol. The zero-order valence-electron chi connectivity index (χ0n) is 14.4. The molecule has 0 amide bonds. The zero-order chi connectivity index (χ0) is 19.4. The Balaban J connectivity index is 1.76. The molecule has 0 fully saturated rings. The number of carbonyl (C=O) groups excluding carboxylic acids is 2. The van der Waals surface area contributed by atoms with E-state index >= 15 is 0 Å². The van der Waals surface area contributed by atoms with Gasteiger partial charge in [0.25, 0.3) is 5.56 Å². The van der Waals surface area contributed by atoms with Gasteiger partial charge >= 0.3 is 11.9 Å². The molecule has 140 valence electrons. The summed E-state index contributed by atoms with van der Waals surface area (Å²) in [5.41, 5.74) is 0.0542. The molecule has 0 atom stereocenters. The predicted octanol–water partition coefficient (Wildman–Crippen LogP) is 1.62. The first-order chi connectivity index (χ1) is 13.0. The molecule has 1 aromatic carbocycles. The van der Waals surface area contributed by atoms with Gasteiger partial charge in [0.15, 0.2) is 5.65 Å². The molecule has 3 aromatic rings. The lowest BCUT2D eigenvalue weighted by Crippen LogP contribution is -2.18. The molecule has 0 aliphatic heterocycles. The summed E-state index contributed by atoms with van der Waals surface area (Å²) in [5.74, 6) is -1.79. The van der Waals surface area contributed by atoms with Crippen molar-refractivity contribution in [1.29, 1.82) is 0 Å². The first-order valence-electron chi connectivity index (χ1n) is 8.15. The summed E-state index contributed by atoms with van der Waals surface area (Å²) in [6.07, 6.45) is 1.07. The van der Waals surface area contributed by atoms with E-state index in [-0.39, 0.29) is 42.1 Å². The van der Waals surface area contributed by atoms with Gasteiger partial charge in [-0.15, -0.1) is 0 Å². The summed E-state index contributed by atoms with van der Waals surface area (Å²) < 4.78 is 24.6. The first-order valence-corrected chi connectivity index (χ1v) is 8.15. The maximum absolute atomic E-state index is 13.6. The van der Waals surface area contributed by atoms with E-state index in [4.69, 9.17) is 9.47 Å². The number of benzene rings is 1. The van der Waals surface area contributed by atoms with E-state index in [1.807, 2.05) is 0 Å². The highest BCUT2D eigenvalue weighted by molar-refractivity contribution is 5.95. The Bertz CT molecular complexity index is 1060. The number of nitrogens with zero attached hydrogens (tertiary/aromatic N) is 2. The van der Waals surface area contributed by atoms with E-state index < -0.39 is 23.3 Å². The first kappa shape index (κ1) is 18.3. The number of hydrogen-bond donors (Lipinski definition) is 1. The van der Waals surface area contributed by atoms with Crippen LogP contribution in [0.5, 0.6) is 0 Å². The van der Waals surface area contributed by atoms with Crippen LogP contribution in [0.4, 0.5) is 4.39 Å². The van der Waals surface area contributed by atoms with Crippen molar-refractivity contribution in [3.8, 4) is 0 Å². The van der Waals surface area contributed by atoms with Crippen LogP contribution in [0.1, 0.15) is 28.5 Å². The number of ether oxygens (including phenoxy) is 2. The van der Waals surface area contributed by atoms with Crippen molar-refractivity contribution in [2.75, 3.05) is 6.61 Å². The number of nitrogens with one attached hydrogen (secondary N) is 1. The molecule has 9 heteroatoms. The average Bonchev–Trinajstić information content (AvgIpc) is 3.07. The lowest BCUT2D eigenvalue weighted by atomic mass is 10.1. The molecular weight excluding hydrogens is 357 g/mol. The Morgan fingerprint density at radius 1 is 1.26 bits per heavy atom. The van der Waals surface area contributed by atoms with Gasteiger partial charge in [0.1, 0.15) is 18.0 Å². The Labute approximate surface area is 152 Å². The van der Waals surface area contributed by atoms with Gasteiger partial charge in [-0.2, -0.15) is 0 Å². The van der Waals surface area contributed by atoms with Crippen molar-refractivity contribution < 1.29 is 23.5 Å². The van der Waals surface area contributed by atoms with E-state index in [2.05, 4.69) is 10.1 Å². The number of rotatable bonds is 6. The Morgan fingerprint density at radius 3 is 2.78 bits per heavy atom. The summed E-state index contributed by atoms with van der Waals surface area (Å²) in [6.45, 7) is 1.55. The normalized spacial score (nSPS) is 10.7. The largest absolute Gasteiger partial charge is 0.462 e. The van der Waals surface area contributed by atoms with Gasteiger partial charge in [0.05, 0.1) is 18.7 Å². The van der Waals surface area contributed by atoms with Gasteiger partial charge < -0.3 is 9.47 Å². The Morgan fingerprint density at radius 2 is 2.04 bits per heavy atom. The molecule has 2 aromatic heterocycles. The molecule has 0 aliphatic carbocycles. The van der Waals surface area contributed by atoms with Gasteiger partial charge in [0.2, 0.25) is 0 Å². The molecule has 8 nitrogen and oxygen atoms in total. The van der Waals surface area contributed by atoms with Gasteiger partial charge in [0, 0.05) is 12.3 Å². The van der Waals surface area contributed by atoms with Gasteiger partial charge in [-0.3, -0.25) is 14.7 Å². The summed E-state index contributed by atoms with van der Waals surface area (Å²) in [5, 5.41) is 2.62. The molecule has 27 heavy (non-hydrogen) atoms. The highest BCUT2D eigenvalue weighted by Crippen LogP contribution is 2.11. The number of carbonyl (C=O) groups is 2. The van der Waals surface area contributed by atoms with E-state index in [1.54, 1.807) is 13.0 Å². The minimum Gasteiger partial charge on any atom is -0.462 e. The van der Waals surface area contributed by atoms with Crippen LogP contribution in [0.15, 0.2) is 41.3 Å². The molecule has 0 aliphatic rings. The van der Waals surface area contributed by atoms with Crippen molar-refractivity contribution in [3.63, 3.8) is 0 Å². The maximum Gasteiger partial charge on any atom is 0.343 e. The van der Waals surface area contributed by atoms with E-state index in [0.717, 1.165) is 4.52 Å². The van der Waals surface area contributed by atoms with Crippen LogP contribution in [0.25, 0.3) is 5.65 Å². The fourth-order valence-electron chi connectivity index (χ4n) is 2.46. The number of H-pyrrole nitrogens is 1.